The molecule has 1 atom stereocenters. The summed E-state index contributed by atoms with van der Waals surface area (Å²) in [6, 6.07) is 9.61. The number of amides is 1. The van der Waals surface area contributed by atoms with E-state index in [1.807, 2.05) is 30.3 Å². The Morgan fingerprint density at radius 3 is 2.63 bits per heavy atom. The summed E-state index contributed by atoms with van der Waals surface area (Å²) in [6.45, 7) is 2.79. The smallest absolute Gasteiger partial charge is 0.281 e. The highest BCUT2D eigenvalue weighted by Crippen LogP contribution is 2.23. The Hall–Kier alpha value is -1.90. The highest BCUT2D eigenvalue weighted by molar-refractivity contribution is 7.86. The van der Waals surface area contributed by atoms with Gasteiger partial charge in [-0.15, -0.1) is 0 Å². The molecule has 0 radical (unpaired) electrons. The van der Waals surface area contributed by atoms with E-state index in [-0.39, 0.29) is 11.8 Å². The first-order valence-corrected chi connectivity index (χ1v) is 11.0. The van der Waals surface area contributed by atoms with Gasteiger partial charge >= 0.3 is 0 Å². The van der Waals surface area contributed by atoms with Gasteiger partial charge in [0.05, 0.1) is 0 Å². The highest BCUT2D eigenvalue weighted by atomic mass is 32.2. The maximum absolute atomic E-state index is 12.8. The maximum Gasteiger partial charge on any atom is 0.281 e. The third-order valence-electron chi connectivity index (χ3n) is 5.53. The zero-order valence-corrected chi connectivity index (χ0v) is 16.2. The van der Waals surface area contributed by atoms with E-state index in [0.717, 1.165) is 36.6 Å². The number of hydrogen-bond donors (Lipinski definition) is 2. The van der Waals surface area contributed by atoms with Crippen molar-refractivity contribution in [3.63, 3.8) is 0 Å². The average molecular weight is 391 g/mol. The van der Waals surface area contributed by atoms with Gasteiger partial charge in [0.15, 0.2) is 0 Å². The number of carbonyl (C=O) groups excluding carboxylic acids is 1. The molecule has 4 rings (SSSR count). The van der Waals surface area contributed by atoms with E-state index in [9.17, 15) is 13.2 Å². The molecule has 1 aromatic carbocycles. The molecule has 0 aliphatic carbocycles. The molecule has 2 aliphatic heterocycles. The number of hydrogen-bond acceptors (Lipinski definition) is 3. The van der Waals surface area contributed by atoms with Crippen LogP contribution in [0.25, 0.3) is 10.9 Å². The first kappa shape index (κ1) is 18.5. The number of nitrogens with zero attached hydrogens (tertiary/aromatic N) is 2. The summed E-state index contributed by atoms with van der Waals surface area (Å²) in [4.78, 5) is 15.6. The lowest BCUT2D eigenvalue weighted by Crippen LogP contribution is -2.48. The molecule has 2 fully saturated rings. The van der Waals surface area contributed by atoms with Crippen LogP contribution in [0.2, 0.25) is 0 Å². The largest absolute Gasteiger partial charge is 0.351 e. The van der Waals surface area contributed by atoms with Gasteiger partial charge in [0.1, 0.15) is 5.69 Å². The van der Waals surface area contributed by atoms with E-state index in [2.05, 4.69) is 10.3 Å². The molecule has 8 heteroatoms. The summed E-state index contributed by atoms with van der Waals surface area (Å²) in [6.07, 6.45) is 3.65. The van der Waals surface area contributed by atoms with Gasteiger partial charge in [-0.3, -0.25) is 4.79 Å². The summed E-state index contributed by atoms with van der Waals surface area (Å²) in [5, 5.41) is 3.97. The molecule has 7 nitrogen and oxygen atoms in total. The molecular formula is C19H26N4O3S. The molecular weight excluding hydrogens is 364 g/mol. The summed E-state index contributed by atoms with van der Waals surface area (Å²) in [7, 11) is -3.35. The fourth-order valence-electron chi connectivity index (χ4n) is 4.01. The maximum atomic E-state index is 12.8. The second kappa shape index (κ2) is 7.61. The molecule has 2 N–H and O–H groups in total. The van der Waals surface area contributed by atoms with E-state index < -0.39 is 10.2 Å². The Morgan fingerprint density at radius 1 is 1.11 bits per heavy atom. The van der Waals surface area contributed by atoms with Gasteiger partial charge in [0.2, 0.25) is 0 Å². The van der Waals surface area contributed by atoms with Gasteiger partial charge in [0, 0.05) is 43.6 Å². The molecule has 146 valence electrons. The van der Waals surface area contributed by atoms with Crippen LogP contribution in [-0.4, -0.2) is 60.6 Å². The number of carbonyl (C=O) groups is 1. The second-order valence-corrected chi connectivity index (χ2v) is 9.39. The topological polar surface area (TPSA) is 85.5 Å². The van der Waals surface area contributed by atoms with Crippen molar-refractivity contribution in [2.75, 3.05) is 32.7 Å². The molecule has 0 spiro atoms. The zero-order valence-electron chi connectivity index (χ0n) is 15.4. The van der Waals surface area contributed by atoms with Crippen LogP contribution >= 0.6 is 0 Å². The molecule has 0 bridgehead atoms. The predicted octanol–water partition coefficient (Wildman–Crippen LogP) is 1.95. The van der Waals surface area contributed by atoms with Crippen LogP contribution in [0.4, 0.5) is 0 Å². The number of rotatable bonds is 5. The van der Waals surface area contributed by atoms with Crippen molar-refractivity contribution in [3.05, 3.63) is 36.0 Å². The first-order chi connectivity index (χ1) is 13.0. The Labute approximate surface area is 159 Å². The van der Waals surface area contributed by atoms with Gasteiger partial charge < -0.3 is 10.3 Å². The van der Waals surface area contributed by atoms with Crippen LogP contribution in [-0.2, 0) is 10.2 Å². The lowest BCUT2D eigenvalue weighted by molar-refractivity contribution is 0.0937. The average Bonchev–Trinajstić information content (AvgIpc) is 3.36. The fourth-order valence-corrected chi connectivity index (χ4v) is 5.82. The molecule has 2 aliphatic rings. The summed E-state index contributed by atoms with van der Waals surface area (Å²) < 4.78 is 28.7. The van der Waals surface area contributed by atoms with Crippen molar-refractivity contribution in [2.45, 2.75) is 25.7 Å². The summed E-state index contributed by atoms with van der Waals surface area (Å²) >= 11 is 0. The second-order valence-electron chi connectivity index (χ2n) is 7.46. The van der Waals surface area contributed by atoms with Gasteiger partial charge in [-0.25, -0.2) is 0 Å². The van der Waals surface area contributed by atoms with Crippen molar-refractivity contribution < 1.29 is 13.2 Å². The number of aromatic amines is 1. The molecule has 3 heterocycles. The molecule has 1 aromatic heterocycles. The number of nitrogens with one attached hydrogen (secondary N) is 2. The molecule has 27 heavy (non-hydrogen) atoms. The van der Waals surface area contributed by atoms with E-state index in [1.54, 1.807) is 8.61 Å². The number of aromatic nitrogens is 1. The van der Waals surface area contributed by atoms with Crippen molar-refractivity contribution in [3.8, 4) is 0 Å². The standard InChI is InChI=1S/C19H26N4O3S/c24-19(18-12-16-7-1-2-8-17(16)21-18)20-13-15-6-5-11-23(14-15)27(25,26)22-9-3-4-10-22/h1-2,7-8,12,15,21H,3-6,9-11,13-14H2,(H,20,24)/t15-/m0/s1. The zero-order chi connectivity index (χ0) is 18.9. The van der Waals surface area contributed by atoms with Gasteiger partial charge in [-0.05, 0) is 43.7 Å². The minimum Gasteiger partial charge on any atom is -0.351 e. The van der Waals surface area contributed by atoms with Crippen molar-refractivity contribution >= 4 is 27.0 Å². The lowest BCUT2D eigenvalue weighted by Gasteiger charge is -2.34. The first-order valence-electron chi connectivity index (χ1n) is 9.65. The fraction of sp³-hybridized carbons (Fsp3) is 0.526. The van der Waals surface area contributed by atoms with Crippen LogP contribution in [0, 0.1) is 5.92 Å². The Morgan fingerprint density at radius 2 is 1.85 bits per heavy atom. The van der Waals surface area contributed by atoms with Crippen LogP contribution in [0.3, 0.4) is 0 Å². The Bertz CT molecular complexity index is 885. The van der Waals surface area contributed by atoms with Crippen LogP contribution < -0.4 is 5.32 Å². The number of benzene rings is 1. The van der Waals surface area contributed by atoms with E-state index in [0.29, 0.717) is 38.4 Å². The highest BCUT2D eigenvalue weighted by Gasteiger charge is 2.34. The van der Waals surface area contributed by atoms with E-state index in [1.165, 1.54) is 0 Å². The monoisotopic (exact) mass is 390 g/mol. The number of para-hydroxylation sites is 1. The summed E-state index contributed by atoms with van der Waals surface area (Å²) in [5.41, 5.74) is 1.47. The van der Waals surface area contributed by atoms with E-state index >= 15 is 0 Å². The molecule has 2 saturated heterocycles. The molecule has 0 saturated carbocycles. The molecule has 2 aromatic rings. The van der Waals surface area contributed by atoms with Crippen molar-refractivity contribution in [1.29, 1.82) is 0 Å². The predicted molar refractivity (Wildman–Crippen MR) is 105 cm³/mol. The van der Waals surface area contributed by atoms with Crippen LogP contribution in [0.1, 0.15) is 36.2 Å². The number of piperidine rings is 1. The molecule has 0 unspecified atom stereocenters. The summed E-state index contributed by atoms with van der Waals surface area (Å²) in [5.74, 6) is -0.00446. The number of fused-ring (bicyclic) bond motifs is 1. The van der Waals surface area contributed by atoms with Crippen LogP contribution in [0.15, 0.2) is 30.3 Å². The molecule has 1 amide bonds. The van der Waals surface area contributed by atoms with Crippen LogP contribution in [0.5, 0.6) is 0 Å². The third kappa shape index (κ3) is 3.88. The van der Waals surface area contributed by atoms with Gasteiger partial charge in [-0.2, -0.15) is 17.0 Å². The Kier molecular flexibility index (Phi) is 5.21. The lowest BCUT2D eigenvalue weighted by atomic mass is 10.00. The normalized spacial score (nSPS) is 22.3. The van der Waals surface area contributed by atoms with Gasteiger partial charge in [-0.1, -0.05) is 18.2 Å². The Balaban J connectivity index is 1.35. The number of H-pyrrole nitrogens is 1. The van der Waals surface area contributed by atoms with Gasteiger partial charge in [0.25, 0.3) is 16.1 Å². The van der Waals surface area contributed by atoms with Crippen molar-refractivity contribution in [1.82, 2.24) is 18.9 Å². The third-order valence-corrected chi connectivity index (χ3v) is 7.53. The minimum absolute atomic E-state index is 0.143. The minimum atomic E-state index is -3.35. The SMILES string of the molecule is O=C(NC[C@@H]1CCCN(S(=O)(=O)N2CCCC2)C1)c1cc2ccccc2[nH]1. The van der Waals surface area contributed by atoms with E-state index in [4.69, 9.17) is 0 Å². The quantitative estimate of drug-likeness (QED) is 0.818. The van der Waals surface area contributed by atoms with Crippen molar-refractivity contribution in [2.24, 2.45) is 5.92 Å².